The molecule has 0 unspecified atom stereocenters. The molecule has 4 aromatic rings. The van der Waals surface area contributed by atoms with E-state index in [9.17, 15) is 0 Å². The summed E-state index contributed by atoms with van der Waals surface area (Å²) in [6, 6.07) is 26.3. The first kappa shape index (κ1) is 18.6. The van der Waals surface area contributed by atoms with Crippen molar-refractivity contribution in [3.63, 3.8) is 0 Å². The second-order valence-corrected chi connectivity index (χ2v) is 6.78. The molecule has 2 aromatic heterocycles. The van der Waals surface area contributed by atoms with E-state index in [0.29, 0.717) is 19.0 Å². The molecule has 0 aliphatic carbocycles. The molecule has 2 aromatic carbocycles. The normalized spacial score (nSPS) is 10.5. The molecule has 5 heteroatoms. The van der Waals surface area contributed by atoms with Crippen LogP contribution in [0.15, 0.2) is 85.1 Å². The average Bonchev–Trinajstić information content (AvgIpc) is 2.78. The van der Waals surface area contributed by atoms with Gasteiger partial charge >= 0.3 is 0 Å². The van der Waals surface area contributed by atoms with Gasteiger partial charge in [0.1, 0.15) is 5.82 Å². The minimum Gasteiger partial charge on any atom is -0.366 e. The first-order chi connectivity index (χ1) is 14.3. The van der Waals surface area contributed by atoms with Gasteiger partial charge in [0, 0.05) is 24.4 Å². The Kier molecular flexibility index (Phi) is 5.76. The number of pyridine rings is 1. The van der Waals surface area contributed by atoms with E-state index in [1.807, 2.05) is 42.5 Å². The Morgan fingerprint density at radius 3 is 2.34 bits per heavy atom. The van der Waals surface area contributed by atoms with Crippen LogP contribution in [0, 0.1) is 6.92 Å². The number of nitrogens with one attached hydrogen (secondary N) is 2. The summed E-state index contributed by atoms with van der Waals surface area (Å²) in [5.41, 5.74) is 5.36. The maximum atomic E-state index is 4.70. The highest BCUT2D eigenvalue weighted by Gasteiger charge is 2.08. The van der Waals surface area contributed by atoms with Crippen molar-refractivity contribution in [1.82, 2.24) is 15.0 Å². The minimum absolute atomic E-state index is 0.566. The van der Waals surface area contributed by atoms with Crippen LogP contribution >= 0.6 is 0 Å². The summed E-state index contributed by atoms with van der Waals surface area (Å²) in [5.74, 6) is 1.36. The molecule has 144 valence electrons. The van der Waals surface area contributed by atoms with E-state index in [0.717, 1.165) is 22.8 Å². The van der Waals surface area contributed by atoms with Gasteiger partial charge in [0.15, 0.2) is 0 Å². The van der Waals surface area contributed by atoms with Crippen molar-refractivity contribution in [2.24, 2.45) is 0 Å². The van der Waals surface area contributed by atoms with Gasteiger partial charge in [0.05, 0.1) is 17.9 Å². The van der Waals surface area contributed by atoms with Gasteiger partial charge in [0.2, 0.25) is 5.95 Å². The summed E-state index contributed by atoms with van der Waals surface area (Å²) in [7, 11) is 0. The molecule has 0 atom stereocenters. The second kappa shape index (κ2) is 8.97. The Hall–Kier alpha value is -3.73. The van der Waals surface area contributed by atoms with E-state index < -0.39 is 0 Å². The van der Waals surface area contributed by atoms with E-state index in [1.54, 1.807) is 6.20 Å². The third-order valence-electron chi connectivity index (χ3n) is 4.67. The zero-order valence-electron chi connectivity index (χ0n) is 16.3. The summed E-state index contributed by atoms with van der Waals surface area (Å²) in [6.45, 7) is 3.39. The summed E-state index contributed by atoms with van der Waals surface area (Å²) < 4.78 is 0. The maximum Gasteiger partial charge on any atom is 0.225 e. The van der Waals surface area contributed by atoms with Gasteiger partial charge in [-0.25, -0.2) is 4.98 Å². The molecule has 0 saturated heterocycles. The molecule has 29 heavy (non-hydrogen) atoms. The van der Waals surface area contributed by atoms with Crippen LogP contribution in [0.3, 0.4) is 0 Å². The highest BCUT2D eigenvalue weighted by atomic mass is 15.1. The lowest BCUT2D eigenvalue weighted by Gasteiger charge is -2.12. The standard InChI is InChI=1S/C24H23N5/c1-18-9-5-6-12-20(18)16-26-23-15-22(19-10-3-2-4-11-19)28-24(29-23)27-17-21-13-7-8-14-25-21/h2-15H,16-17H2,1H3,(H2,26,27,28,29). The van der Waals surface area contributed by atoms with Crippen LogP contribution in [-0.4, -0.2) is 15.0 Å². The molecule has 2 heterocycles. The van der Waals surface area contributed by atoms with Crippen molar-refractivity contribution in [3.8, 4) is 11.3 Å². The smallest absolute Gasteiger partial charge is 0.225 e. The highest BCUT2D eigenvalue weighted by molar-refractivity contribution is 5.64. The Bertz CT molecular complexity index is 1060. The van der Waals surface area contributed by atoms with Crippen LogP contribution in [-0.2, 0) is 13.1 Å². The molecule has 0 bridgehead atoms. The number of anilines is 2. The summed E-state index contributed by atoms with van der Waals surface area (Å²) in [6.07, 6.45) is 1.79. The largest absolute Gasteiger partial charge is 0.366 e. The third-order valence-corrected chi connectivity index (χ3v) is 4.67. The van der Waals surface area contributed by atoms with E-state index >= 15 is 0 Å². The fraction of sp³-hybridized carbons (Fsp3) is 0.125. The molecule has 0 aliphatic heterocycles. The van der Waals surface area contributed by atoms with Crippen molar-refractivity contribution in [2.45, 2.75) is 20.0 Å². The summed E-state index contributed by atoms with van der Waals surface area (Å²) in [4.78, 5) is 13.7. The molecule has 0 aliphatic rings. The van der Waals surface area contributed by atoms with Gasteiger partial charge in [-0.3, -0.25) is 4.98 Å². The summed E-state index contributed by atoms with van der Waals surface area (Å²) in [5, 5.41) is 6.74. The van der Waals surface area contributed by atoms with Gasteiger partial charge in [-0.15, -0.1) is 0 Å². The second-order valence-electron chi connectivity index (χ2n) is 6.78. The Morgan fingerprint density at radius 1 is 0.759 bits per heavy atom. The minimum atomic E-state index is 0.566. The molecular formula is C24H23N5. The fourth-order valence-electron chi connectivity index (χ4n) is 3.04. The monoisotopic (exact) mass is 381 g/mol. The molecule has 0 fully saturated rings. The van der Waals surface area contributed by atoms with Gasteiger partial charge in [-0.05, 0) is 30.2 Å². The Balaban J connectivity index is 1.58. The lowest BCUT2D eigenvalue weighted by Crippen LogP contribution is -2.09. The van der Waals surface area contributed by atoms with Gasteiger partial charge < -0.3 is 10.6 Å². The van der Waals surface area contributed by atoms with Crippen molar-refractivity contribution >= 4 is 11.8 Å². The lowest BCUT2D eigenvalue weighted by atomic mass is 10.1. The zero-order valence-corrected chi connectivity index (χ0v) is 16.3. The number of aryl methyl sites for hydroxylation is 1. The molecule has 0 radical (unpaired) electrons. The number of rotatable bonds is 7. The molecule has 0 spiro atoms. The van der Waals surface area contributed by atoms with Crippen LogP contribution in [0.4, 0.5) is 11.8 Å². The first-order valence-electron chi connectivity index (χ1n) is 9.64. The molecule has 0 amide bonds. The van der Waals surface area contributed by atoms with Gasteiger partial charge in [-0.1, -0.05) is 60.7 Å². The number of hydrogen-bond donors (Lipinski definition) is 2. The number of nitrogens with zero attached hydrogens (tertiary/aromatic N) is 3. The van der Waals surface area contributed by atoms with Crippen LogP contribution in [0.5, 0.6) is 0 Å². The van der Waals surface area contributed by atoms with Crippen LogP contribution in [0.2, 0.25) is 0 Å². The molecule has 5 nitrogen and oxygen atoms in total. The zero-order chi connectivity index (χ0) is 19.9. The van der Waals surface area contributed by atoms with E-state index in [2.05, 4.69) is 63.9 Å². The number of hydrogen-bond acceptors (Lipinski definition) is 5. The van der Waals surface area contributed by atoms with E-state index in [4.69, 9.17) is 4.98 Å². The highest BCUT2D eigenvalue weighted by Crippen LogP contribution is 2.22. The first-order valence-corrected chi connectivity index (χ1v) is 9.64. The molecule has 0 saturated carbocycles. The predicted molar refractivity (Wildman–Crippen MR) is 118 cm³/mol. The Morgan fingerprint density at radius 2 is 1.55 bits per heavy atom. The molecule has 2 N–H and O–H groups in total. The topological polar surface area (TPSA) is 62.7 Å². The molecular weight excluding hydrogens is 358 g/mol. The number of benzene rings is 2. The van der Waals surface area contributed by atoms with Crippen LogP contribution in [0.1, 0.15) is 16.8 Å². The van der Waals surface area contributed by atoms with Crippen LogP contribution < -0.4 is 10.6 Å². The quantitative estimate of drug-likeness (QED) is 0.468. The Labute approximate surface area is 170 Å². The SMILES string of the molecule is Cc1ccccc1CNc1cc(-c2ccccc2)nc(NCc2ccccn2)n1. The predicted octanol–water partition coefficient (Wildman–Crippen LogP) is 5.07. The van der Waals surface area contributed by atoms with Crippen molar-refractivity contribution in [1.29, 1.82) is 0 Å². The van der Waals surface area contributed by atoms with E-state index in [1.165, 1.54) is 11.1 Å². The van der Waals surface area contributed by atoms with E-state index in [-0.39, 0.29) is 0 Å². The maximum absolute atomic E-state index is 4.70. The lowest BCUT2D eigenvalue weighted by molar-refractivity contribution is 0.996. The molecule has 4 rings (SSSR count). The summed E-state index contributed by atoms with van der Waals surface area (Å²) >= 11 is 0. The van der Waals surface area contributed by atoms with Crippen LogP contribution in [0.25, 0.3) is 11.3 Å². The van der Waals surface area contributed by atoms with Gasteiger partial charge in [-0.2, -0.15) is 4.98 Å². The van der Waals surface area contributed by atoms with Crippen molar-refractivity contribution in [3.05, 3.63) is 102 Å². The van der Waals surface area contributed by atoms with Gasteiger partial charge in [0.25, 0.3) is 0 Å². The average molecular weight is 381 g/mol. The van der Waals surface area contributed by atoms with Crippen molar-refractivity contribution < 1.29 is 0 Å². The third kappa shape index (κ3) is 4.96. The van der Waals surface area contributed by atoms with Crippen molar-refractivity contribution in [2.75, 3.05) is 10.6 Å². The number of aromatic nitrogens is 3. The fourth-order valence-corrected chi connectivity index (χ4v) is 3.04.